The highest BCUT2D eigenvalue weighted by atomic mass is 16.5. The van der Waals surface area contributed by atoms with E-state index in [1.54, 1.807) is 12.1 Å². The first-order chi connectivity index (χ1) is 7.81. The second-order valence-electron chi connectivity index (χ2n) is 3.35. The van der Waals surface area contributed by atoms with E-state index in [9.17, 15) is 4.79 Å². The Morgan fingerprint density at radius 1 is 1.31 bits per heavy atom. The lowest BCUT2D eigenvalue weighted by Crippen LogP contribution is -2.04. The van der Waals surface area contributed by atoms with Crippen molar-refractivity contribution < 1.29 is 14.3 Å². The molecule has 4 heteroatoms. The Morgan fingerprint density at radius 2 is 2.12 bits per heavy atom. The van der Waals surface area contributed by atoms with Crippen molar-refractivity contribution in [3.05, 3.63) is 40.8 Å². The largest absolute Gasteiger partial charge is 0.492 e. The zero-order valence-corrected chi connectivity index (χ0v) is 8.68. The summed E-state index contributed by atoms with van der Waals surface area (Å²) in [5, 5.41) is 9.42. The molecular weight excluding hydrogens is 208 g/mol. The van der Waals surface area contributed by atoms with Gasteiger partial charge in [0.15, 0.2) is 0 Å². The van der Waals surface area contributed by atoms with Gasteiger partial charge >= 0.3 is 5.63 Å². The lowest BCUT2D eigenvalue weighted by Gasteiger charge is -2.06. The summed E-state index contributed by atoms with van der Waals surface area (Å²) in [5.74, 6) is 0.500. The second-order valence-corrected chi connectivity index (χ2v) is 3.35. The van der Waals surface area contributed by atoms with Crippen LogP contribution in [0.1, 0.15) is 6.42 Å². The first kappa shape index (κ1) is 10.7. The third kappa shape index (κ3) is 2.23. The van der Waals surface area contributed by atoms with Gasteiger partial charge in [0.1, 0.15) is 11.3 Å². The quantitative estimate of drug-likeness (QED) is 0.627. The molecule has 0 saturated carbocycles. The number of para-hydroxylation sites is 1. The molecule has 0 amide bonds. The third-order valence-electron chi connectivity index (χ3n) is 2.17. The average Bonchev–Trinajstić information content (AvgIpc) is 2.29. The van der Waals surface area contributed by atoms with Crippen LogP contribution in [0.3, 0.4) is 0 Å². The zero-order valence-electron chi connectivity index (χ0n) is 8.68. The summed E-state index contributed by atoms with van der Waals surface area (Å²) >= 11 is 0. The fourth-order valence-corrected chi connectivity index (χ4v) is 1.45. The van der Waals surface area contributed by atoms with Gasteiger partial charge in [-0.1, -0.05) is 12.1 Å². The molecule has 84 valence electrons. The van der Waals surface area contributed by atoms with Gasteiger partial charge in [-0.05, 0) is 12.1 Å². The molecule has 16 heavy (non-hydrogen) atoms. The van der Waals surface area contributed by atoms with Crippen LogP contribution in [0.2, 0.25) is 0 Å². The Kier molecular flexibility index (Phi) is 3.22. The second kappa shape index (κ2) is 4.81. The van der Waals surface area contributed by atoms with Crippen LogP contribution < -0.4 is 10.4 Å². The Morgan fingerprint density at radius 3 is 2.94 bits per heavy atom. The summed E-state index contributed by atoms with van der Waals surface area (Å²) in [6.07, 6.45) is 0.536. The van der Waals surface area contributed by atoms with E-state index in [4.69, 9.17) is 14.3 Å². The topological polar surface area (TPSA) is 59.7 Å². The maximum Gasteiger partial charge on any atom is 0.339 e. The SMILES string of the molecule is O=c1cc(OCCCO)c2ccccc2o1. The fourth-order valence-electron chi connectivity index (χ4n) is 1.45. The molecule has 2 rings (SSSR count). The lowest BCUT2D eigenvalue weighted by molar-refractivity contribution is 0.234. The van der Waals surface area contributed by atoms with Crippen LogP contribution >= 0.6 is 0 Å². The minimum absolute atomic E-state index is 0.0688. The summed E-state index contributed by atoms with van der Waals surface area (Å²) in [6, 6.07) is 8.51. The van der Waals surface area contributed by atoms with Gasteiger partial charge in [0.25, 0.3) is 0 Å². The first-order valence-electron chi connectivity index (χ1n) is 5.08. The molecule has 0 atom stereocenters. The van der Waals surface area contributed by atoms with Crippen LogP contribution in [0, 0.1) is 0 Å². The highest BCUT2D eigenvalue weighted by Crippen LogP contribution is 2.23. The smallest absolute Gasteiger partial charge is 0.339 e. The number of hydrogen-bond acceptors (Lipinski definition) is 4. The highest BCUT2D eigenvalue weighted by Gasteiger charge is 2.05. The van der Waals surface area contributed by atoms with E-state index in [1.165, 1.54) is 6.07 Å². The van der Waals surface area contributed by atoms with Crippen LogP contribution in [0.15, 0.2) is 39.5 Å². The van der Waals surface area contributed by atoms with Gasteiger partial charge in [-0.15, -0.1) is 0 Å². The Bertz CT molecular complexity index is 530. The Hall–Kier alpha value is -1.81. The van der Waals surface area contributed by atoms with Gasteiger partial charge < -0.3 is 14.3 Å². The van der Waals surface area contributed by atoms with Crippen LogP contribution in [0.4, 0.5) is 0 Å². The predicted molar refractivity (Wildman–Crippen MR) is 59.7 cm³/mol. The number of fused-ring (bicyclic) bond motifs is 1. The van der Waals surface area contributed by atoms with E-state index in [1.807, 2.05) is 12.1 Å². The van der Waals surface area contributed by atoms with Crippen molar-refractivity contribution in [1.29, 1.82) is 0 Å². The number of aliphatic hydroxyl groups excluding tert-OH is 1. The molecule has 0 radical (unpaired) electrons. The van der Waals surface area contributed by atoms with E-state index in [0.29, 0.717) is 24.4 Å². The highest BCUT2D eigenvalue weighted by molar-refractivity contribution is 5.82. The molecule has 1 aromatic carbocycles. The van der Waals surface area contributed by atoms with Gasteiger partial charge in [0, 0.05) is 13.0 Å². The standard InChI is InChI=1S/C12H12O4/c13-6-3-7-15-11-8-12(14)16-10-5-2-1-4-9(10)11/h1-2,4-5,8,13H,3,6-7H2. The summed E-state index contributed by atoms with van der Waals surface area (Å²) in [4.78, 5) is 11.2. The molecule has 0 unspecified atom stereocenters. The monoisotopic (exact) mass is 220 g/mol. The molecule has 0 bridgehead atoms. The van der Waals surface area contributed by atoms with Gasteiger partial charge in [0.2, 0.25) is 0 Å². The van der Waals surface area contributed by atoms with Crippen molar-refractivity contribution >= 4 is 11.0 Å². The first-order valence-corrected chi connectivity index (χ1v) is 5.08. The van der Waals surface area contributed by atoms with E-state index in [2.05, 4.69) is 0 Å². The summed E-state index contributed by atoms with van der Waals surface area (Å²) in [7, 11) is 0. The van der Waals surface area contributed by atoms with Crippen molar-refractivity contribution in [3.63, 3.8) is 0 Å². The van der Waals surface area contributed by atoms with Crippen LogP contribution in [-0.2, 0) is 0 Å². The average molecular weight is 220 g/mol. The van der Waals surface area contributed by atoms with Crippen molar-refractivity contribution in [1.82, 2.24) is 0 Å². The molecular formula is C12H12O4. The Balaban J connectivity index is 2.38. The number of benzene rings is 1. The summed E-state index contributed by atoms with van der Waals surface area (Å²) in [5.41, 5.74) is 0.0756. The molecule has 1 heterocycles. The number of ether oxygens (including phenoxy) is 1. The third-order valence-corrected chi connectivity index (χ3v) is 2.17. The van der Waals surface area contributed by atoms with Crippen molar-refractivity contribution in [2.24, 2.45) is 0 Å². The van der Waals surface area contributed by atoms with E-state index < -0.39 is 5.63 Å². The molecule has 0 aliphatic heterocycles. The Labute approximate surface area is 92.1 Å². The molecule has 0 spiro atoms. The van der Waals surface area contributed by atoms with Gasteiger partial charge in [0.05, 0.1) is 18.1 Å². The van der Waals surface area contributed by atoms with Crippen molar-refractivity contribution in [2.45, 2.75) is 6.42 Å². The van der Waals surface area contributed by atoms with Crippen LogP contribution in [-0.4, -0.2) is 18.3 Å². The van der Waals surface area contributed by atoms with Crippen molar-refractivity contribution in [3.8, 4) is 5.75 Å². The van der Waals surface area contributed by atoms with E-state index >= 15 is 0 Å². The molecule has 0 fully saturated rings. The maximum atomic E-state index is 11.2. The number of rotatable bonds is 4. The van der Waals surface area contributed by atoms with E-state index in [-0.39, 0.29) is 6.61 Å². The van der Waals surface area contributed by atoms with Crippen LogP contribution in [0.25, 0.3) is 11.0 Å². The summed E-state index contributed by atoms with van der Waals surface area (Å²) in [6.45, 7) is 0.448. The molecule has 1 N–H and O–H groups in total. The molecule has 2 aromatic rings. The van der Waals surface area contributed by atoms with Gasteiger partial charge in [-0.3, -0.25) is 0 Å². The fraction of sp³-hybridized carbons (Fsp3) is 0.250. The molecule has 4 nitrogen and oxygen atoms in total. The van der Waals surface area contributed by atoms with Crippen LogP contribution in [0.5, 0.6) is 5.75 Å². The van der Waals surface area contributed by atoms with E-state index in [0.717, 1.165) is 5.39 Å². The predicted octanol–water partition coefficient (Wildman–Crippen LogP) is 1.55. The van der Waals surface area contributed by atoms with Gasteiger partial charge in [-0.2, -0.15) is 0 Å². The number of hydrogen-bond donors (Lipinski definition) is 1. The van der Waals surface area contributed by atoms with Crippen molar-refractivity contribution in [2.75, 3.05) is 13.2 Å². The maximum absolute atomic E-state index is 11.2. The lowest BCUT2D eigenvalue weighted by atomic mass is 10.2. The molecule has 0 aliphatic rings. The number of aliphatic hydroxyl groups is 1. The van der Waals surface area contributed by atoms with Gasteiger partial charge in [-0.25, -0.2) is 4.79 Å². The summed E-state index contributed by atoms with van der Waals surface area (Å²) < 4.78 is 10.4. The minimum atomic E-state index is -0.433. The normalized spacial score (nSPS) is 10.6. The zero-order chi connectivity index (χ0) is 11.4. The molecule has 0 aliphatic carbocycles. The molecule has 0 saturated heterocycles. The minimum Gasteiger partial charge on any atom is -0.492 e. The molecule has 1 aromatic heterocycles.